The maximum absolute atomic E-state index is 12.5. The van der Waals surface area contributed by atoms with Crippen LogP contribution >= 0.6 is 11.6 Å². The van der Waals surface area contributed by atoms with Gasteiger partial charge in [-0.05, 0) is 18.1 Å². The maximum Gasteiger partial charge on any atom is 0.257 e. The summed E-state index contributed by atoms with van der Waals surface area (Å²) in [6.45, 7) is 0.467. The van der Waals surface area contributed by atoms with Crippen LogP contribution in [0.4, 0.5) is 0 Å². The lowest BCUT2D eigenvalue weighted by Gasteiger charge is -2.22. The first kappa shape index (κ1) is 17.0. The number of carbonyl (C=O) groups excluding carboxylic acids is 1. The zero-order valence-electron chi connectivity index (χ0n) is 13.2. The first-order chi connectivity index (χ1) is 11.4. The van der Waals surface area contributed by atoms with E-state index in [1.807, 2.05) is 18.2 Å². The molecule has 0 aliphatic carbocycles. The quantitative estimate of drug-likeness (QED) is 0.826. The summed E-state index contributed by atoms with van der Waals surface area (Å²) in [5.41, 5.74) is 1.35. The van der Waals surface area contributed by atoms with E-state index in [0.29, 0.717) is 23.6 Å². The second-order valence-corrected chi connectivity index (χ2v) is 8.63. The molecule has 6 nitrogen and oxygen atoms in total. The van der Waals surface area contributed by atoms with Crippen molar-refractivity contribution >= 4 is 27.3 Å². The van der Waals surface area contributed by atoms with Gasteiger partial charge in [-0.3, -0.25) is 9.48 Å². The van der Waals surface area contributed by atoms with Crippen LogP contribution in [0.3, 0.4) is 0 Å². The number of hydrogen-bond donors (Lipinski definition) is 0. The standard InChI is InChI=1S/C16H18ClN3O3S/c1-19(14-6-7-24(22,23)11-14)16(21)13-8-18-20(10-13)9-12-4-2-3-5-15(12)17/h2-5,8,10,14H,6-7,9,11H2,1H3/t14-/m0/s1. The van der Waals surface area contributed by atoms with E-state index in [0.717, 1.165) is 5.56 Å². The summed E-state index contributed by atoms with van der Waals surface area (Å²) < 4.78 is 24.8. The van der Waals surface area contributed by atoms with E-state index in [1.165, 1.54) is 11.1 Å². The molecule has 0 radical (unpaired) electrons. The molecule has 8 heteroatoms. The van der Waals surface area contributed by atoms with Crippen LogP contribution in [0.25, 0.3) is 0 Å². The number of rotatable bonds is 4. The van der Waals surface area contributed by atoms with E-state index in [9.17, 15) is 13.2 Å². The van der Waals surface area contributed by atoms with Crippen molar-refractivity contribution in [2.24, 2.45) is 0 Å². The van der Waals surface area contributed by atoms with Crippen molar-refractivity contribution in [1.82, 2.24) is 14.7 Å². The minimum Gasteiger partial charge on any atom is -0.338 e. The number of aromatic nitrogens is 2. The fraction of sp³-hybridized carbons (Fsp3) is 0.375. The molecule has 0 unspecified atom stereocenters. The fourth-order valence-corrected chi connectivity index (χ4v) is 4.78. The molecule has 0 spiro atoms. The topological polar surface area (TPSA) is 72.3 Å². The molecule has 1 aliphatic heterocycles. The molecule has 3 rings (SSSR count). The van der Waals surface area contributed by atoms with E-state index in [4.69, 9.17) is 11.6 Å². The van der Waals surface area contributed by atoms with Crippen LogP contribution in [-0.2, 0) is 16.4 Å². The highest BCUT2D eigenvalue weighted by atomic mass is 35.5. The van der Waals surface area contributed by atoms with Gasteiger partial charge in [0.1, 0.15) is 0 Å². The number of benzene rings is 1. The molecule has 1 aromatic heterocycles. The number of halogens is 1. The Kier molecular flexibility index (Phi) is 4.64. The minimum atomic E-state index is -3.03. The summed E-state index contributed by atoms with van der Waals surface area (Å²) in [6.07, 6.45) is 3.64. The molecule has 0 saturated carbocycles. The summed E-state index contributed by atoms with van der Waals surface area (Å²) in [7, 11) is -1.39. The number of hydrogen-bond acceptors (Lipinski definition) is 4. The Bertz CT molecular complexity index is 863. The SMILES string of the molecule is CN(C(=O)c1cnn(Cc2ccccc2Cl)c1)[C@H]1CCS(=O)(=O)C1. The van der Waals surface area contributed by atoms with Crippen molar-refractivity contribution < 1.29 is 13.2 Å². The Morgan fingerprint density at radius 2 is 2.17 bits per heavy atom. The van der Waals surface area contributed by atoms with Crippen LogP contribution in [0.5, 0.6) is 0 Å². The number of amides is 1. The van der Waals surface area contributed by atoms with E-state index >= 15 is 0 Å². The average Bonchev–Trinajstić information content (AvgIpc) is 3.14. The highest BCUT2D eigenvalue weighted by molar-refractivity contribution is 7.91. The zero-order chi connectivity index (χ0) is 17.3. The molecule has 1 saturated heterocycles. The lowest BCUT2D eigenvalue weighted by atomic mass is 10.2. The molecular formula is C16H18ClN3O3S. The smallest absolute Gasteiger partial charge is 0.257 e. The monoisotopic (exact) mass is 367 g/mol. The van der Waals surface area contributed by atoms with E-state index < -0.39 is 9.84 Å². The third-order valence-corrected chi connectivity index (χ3v) is 6.37. The van der Waals surface area contributed by atoms with Gasteiger partial charge < -0.3 is 4.90 Å². The number of carbonyl (C=O) groups is 1. The molecule has 1 fully saturated rings. The Balaban J connectivity index is 1.71. The molecule has 128 valence electrons. The van der Waals surface area contributed by atoms with Gasteiger partial charge in [-0.25, -0.2) is 8.42 Å². The van der Waals surface area contributed by atoms with Crippen LogP contribution in [0.15, 0.2) is 36.7 Å². The molecule has 2 heterocycles. The van der Waals surface area contributed by atoms with Gasteiger partial charge in [0, 0.05) is 24.3 Å². The Morgan fingerprint density at radius 1 is 1.42 bits per heavy atom. The third kappa shape index (κ3) is 3.62. The van der Waals surface area contributed by atoms with Gasteiger partial charge in [-0.1, -0.05) is 29.8 Å². The van der Waals surface area contributed by atoms with E-state index in [-0.39, 0.29) is 23.5 Å². The van der Waals surface area contributed by atoms with Crippen LogP contribution in [-0.4, -0.2) is 53.6 Å². The average molecular weight is 368 g/mol. The van der Waals surface area contributed by atoms with Crippen molar-refractivity contribution in [1.29, 1.82) is 0 Å². The second kappa shape index (κ2) is 6.57. The van der Waals surface area contributed by atoms with Gasteiger partial charge >= 0.3 is 0 Å². The molecule has 24 heavy (non-hydrogen) atoms. The summed E-state index contributed by atoms with van der Waals surface area (Å²) in [4.78, 5) is 14.0. The predicted molar refractivity (Wildman–Crippen MR) is 91.9 cm³/mol. The molecule has 2 aromatic rings. The van der Waals surface area contributed by atoms with Crippen molar-refractivity contribution in [2.75, 3.05) is 18.6 Å². The minimum absolute atomic E-state index is 0.0308. The van der Waals surface area contributed by atoms with Crippen LogP contribution < -0.4 is 0 Å². The number of nitrogens with zero attached hydrogens (tertiary/aromatic N) is 3. The highest BCUT2D eigenvalue weighted by Crippen LogP contribution is 2.19. The molecule has 1 aromatic carbocycles. The molecule has 0 N–H and O–H groups in total. The van der Waals surface area contributed by atoms with Gasteiger partial charge in [0.2, 0.25) is 0 Å². The normalized spacial score (nSPS) is 19.3. The fourth-order valence-electron chi connectivity index (χ4n) is 2.81. The molecule has 1 amide bonds. The predicted octanol–water partition coefficient (Wildman–Crippen LogP) is 1.84. The molecule has 1 atom stereocenters. The Labute approximate surface area is 145 Å². The van der Waals surface area contributed by atoms with Gasteiger partial charge in [-0.2, -0.15) is 5.10 Å². The van der Waals surface area contributed by atoms with Crippen LogP contribution in [0.2, 0.25) is 5.02 Å². The third-order valence-electron chi connectivity index (χ3n) is 4.25. The van der Waals surface area contributed by atoms with Crippen molar-refractivity contribution in [3.63, 3.8) is 0 Å². The molecule has 1 aliphatic rings. The maximum atomic E-state index is 12.5. The lowest BCUT2D eigenvalue weighted by Crippen LogP contribution is -2.37. The first-order valence-electron chi connectivity index (χ1n) is 7.59. The zero-order valence-corrected chi connectivity index (χ0v) is 14.8. The second-order valence-electron chi connectivity index (χ2n) is 5.99. The van der Waals surface area contributed by atoms with E-state index in [2.05, 4.69) is 5.10 Å². The van der Waals surface area contributed by atoms with Crippen LogP contribution in [0.1, 0.15) is 22.3 Å². The van der Waals surface area contributed by atoms with Crippen molar-refractivity contribution in [3.8, 4) is 0 Å². The van der Waals surface area contributed by atoms with Crippen molar-refractivity contribution in [2.45, 2.75) is 19.0 Å². The summed E-state index contributed by atoms with van der Waals surface area (Å²) in [6, 6.07) is 7.19. The largest absolute Gasteiger partial charge is 0.338 e. The summed E-state index contributed by atoms with van der Waals surface area (Å²) >= 11 is 6.13. The molecular weight excluding hydrogens is 350 g/mol. The van der Waals surface area contributed by atoms with Crippen molar-refractivity contribution in [3.05, 3.63) is 52.8 Å². The van der Waals surface area contributed by atoms with Gasteiger partial charge in [0.25, 0.3) is 5.91 Å². The van der Waals surface area contributed by atoms with Gasteiger partial charge in [-0.15, -0.1) is 0 Å². The van der Waals surface area contributed by atoms with E-state index in [1.54, 1.807) is 24.0 Å². The van der Waals surface area contributed by atoms with Crippen LogP contribution in [0, 0.1) is 0 Å². The van der Waals surface area contributed by atoms with Gasteiger partial charge in [0.15, 0.2) is 9.84 Å². The number of sulfone groups is 1. The molecule has 0 bridgehead atoms. The first-order valence-corrected chi connectivity index (χ1v) is 9.79. The Hall–Kier alpha value is -1.86. The summed E-state index contributed by atoms with van der Waals surface area (Å²) in [5, 5.41) is 4.85. The highest BCUT2D eigenvalue weighted by Gasteiger charge is 2.33. The van der Waals surface area contributed by atoms with Gasteiger partial charge in [0.05, 0.1) is 29.8 Å². The summed E-state index contributed by atoms with van der Waals surface area (Å²) in [5.74, 6) is -0.0492. The lowest BCUT2D eigenvalue weighted by molar-refractivity contribution is 0.0747. The Morgan fingerprint density at radius 3 is 2.83 bits per heavy atom.